The standard InChI is InChI=1S/C24H29N3O3/c1-2-3-4-5-6-7-10-16-27-20-14-9-8-13-19(20)22(28)21(24(27)30)23(29)26-18-12-11-15-25-17-18/h8-9,11-15,17,28H,2-7,10,16H2,1H3,(H,26,29). The van der Waals surface area contributed by atoms with E-state index < -0.39 is 11.5 Å². The zero-order valence-corrected chi connectivity index (χ0v) is 17.4. The molecule has 2 aromatic heterocycles. The first kappa shape index (κ1) is 21.6. The zero-order valence-electron chi connectivity index (χ0n) is 17.4. The van der Waals surface area contributed by atoms with E-state index in [1.165, 1.54) is 31.9 Å². The average molecular weight is 408 g/mol. The van der Waals surface area contributed by atoms with Crippen LogP contribution < -0.4 is 10.9 Å². The number of aromatic nitrogens is 2. The second kappa shape index (κ2) is 10.6. The Morgan fingerprint density at radius 3 is 2.50 bits per heavy atom. The number of anilines is 1. The Bertz CT molecular complexity index is 1040. The van der Waals surface area contributed by atoms with Gasteiger partial charge in [-0.3, -0.25) is 14.6 Å². The number of aryl methyl sites for hydroxylation is 1. The molecule has 3 rings (SSSR count). The van der Waals surface area contributed by atoms with Crippen molar-refractivity contribution >= 4 is 22.5 Å². The number of carbonyl (C=O) groups excluding carboxylic acids is 1. The third-order valence-corrected chi connectivity index (χ3v) is 5.28. The lowest BCUT2D eigenvalue weighted by Crippen LogP contribution is -2.30. The second-order valence-electron chi connectivity index (χ2n) is 7.51. The lowest BCUT2D eigenvalue weighted by atomic mass is 10.1. The second-order valence-corrected chi connectivity index (χ2v) is 7.51. The summed E-state index contributed by atoms with van der Waals surface area (Å²) in [6.45, 7) is 2.71. The van der Waals surface area contributed by atoms with Crippen molar-refractivity contribution in [1.29, 1.82) is 0 Å². The van der Waals surface area contributed by atoms with Crippen LogP contribution in [0.25, 0.3) is 10.9 Å². The molecule has 0 aliphatic heterocycles. The van der Waals surface area contributed by atoms with Crippen LogP contribution in [0.2, 0.25) is 0 Å². The number of benzene rings is 1. The van der Waals surface area contributed by atoms with Crippen LogP contribution in [0, 0.1) is 0 Å². The van der Waals surface area contributed by atoms with Crippen LogP contribution in [-0.2, 0) is 6.54 Å². The maximum atomic E-state index is 13.2. The lowest BCUT2D eigenvalue weighted by Gasteiger charge is -2.15. The number of unbranched alkanes of at least 4 members (excludes halogenated alkanes) is 6. The summed E-state index contributed by atoms with van der Waals surface area (Å²) in [7, 11) is 0. The van der Waals surface area contributed by atoms with Gasteiger partial charge in [-0.25, -0.2) is 0 Å². The van der Waals surface area contributed by atoms with E-state index in [4.69, 9.17) is 0 Å². The van der Waals surface area contributed by atoms with Crippen LogP contribution in [0.5, 0.6) is 5.75 Å². The van der Waals surface area contributed by atoms with E-state index in [-0.39, 0.29) is 11.3 Å². The Morgan fingerprint density at radius 1 is 1.03 bits per heavy atom. The van der Waals surface area contributed by atoms with Gasteiger partial charge in [0.25, 0.3) is 11.5 Å². The van der Waals surface area contributed by atoms with Gasteiger partial charge >= 0.3 is 0 Å². The number of rotatable bonds is 10. The first-order valence-electron chi connectivity index (χ1n) is 10.7. The van der Waals surface area contributed by atoms with Gasteiger partial charge in [0.1, 0.15) is 11.3 Å². The molecule has 0 bridgehead atoms. The van der Waals surface area contributed by atoms with Gasteiger partial charge in [0.05, 0.1) is 17.4 Å². The number of amides is 1. The lowest BCUT2D eigenvalue weighted by molar-refractivity contribution is 0.102. The molecule has 1 aromatic carbocycles. The molecule has 30 heavy (non-hydrogen) atoms. The molecule has 0 saturated carbocycles. The molecule has 0 aliphatic rings. The fourth-order valence-electron chi connectivity index (χ4n) is 3.67. The summed E-state index contributed by atoms with van der Waals surface area (Å²) in [6.07, 6.45) is 11.0. The number of carbonyl (C=O) groups is 1. The largest absolute Gasteiger partial charge is 0.506 e. The van der Waals surface area contributed by atoms with Gasteiger partial charge in [0.15, 0.2) is 0 Å². The van der Waals surface area contributed by atoms with E-state index in [1.54, 1.807) is 41.1 Å². The molecule has 0 aliphatic carbocycles. The van der Waals surface area contributed by atoms with E-state index in [0.29, 0.717) is 23.1 Å². The van der Waals surface area contributed by atoms with E-state index in [9.17, 15) is 14.7 Å². The van der Waals surface area contributed by atoms with Crippen molar-refractivity contribution in [2.45, 2.75) is 58.4 Å². The minimum atomic E-state index is -0.635. The first-order valence-corrected chi connectivity index (χ1v) is 10.7. The van der Waals surface area contributed by atoms with Crippen LogP contribution in [0.4, 0.5) is 5.69 Å². The summed E-state index contributed by atoms with van der Waals surface area (Å²) >= 11 is 0. The average Bonchev–Trinajstić information content (AvgIpc) is 2.76. The molecule has 158 valence electrons. The van der Waals surface area contributed by atoms with Gasteiger partial charge in [0.2, 0.25) is 0 Å². The monoisotopic (exact) mass is 407 g/mol. The van der Waals surface area contributed by atoms with Crippen LogP contribution in [0.1, 0.15) is 62.2 Å². The number of nitrogens with one attached hydrogen (secondary N) is 1. The molecule has 0 radical (unpaired) electrons. The number of fused-ring (bicyclic) bond motifs is 1. The topological polar surface area (TPSA) is 84.2 Å². The van der Waals surface area contributed by atoms with Crippen molar-refractivity contribution in [1.82, 2.24) is 9.55 Å². The van der Waals surface area contributed by atoms with Crippen molar-refractivity contribution in [3.8, 4) is 5.75 Å². The molecule has 0 unspecified atom stereocenters. The summed E-state index contributed by atoms with van der Waals surface area (Å²) in [5.74, 6) is -0.919. The minimum absolute atomic E-state index is 0.236. The Labute approximate surface area is 176 Å². The summed E-state index contributed by atoms with van der Waals surface area (Å²) in [6, 6.07) is 10.5. The number of nitrogens with zero attached hydrogens (tertiary/aromatic N) is 2. The van der Waals surface area contributed by atoms with Crippen molar-refractivity contribution in [3.05, 3.63) is 64.7 Å². The van der Waals surface area contributed by atoms with Gasteiger partial charge in [-0.1, -0.05) is 57.6 Å². The highest BCUT2D eigenvalue weighted by Gasteiger charge is 2.22. The fourth-order valence-corrected chi connectivity index (χ4v) is 3.67. The highest BCUT2D eigenvalue weighted by atomic mass is 16.3. The van der Waals surface area contributed by atoms with Gasteiger partial charge < -0.3 is 15.0 Å². The molecule has 0 fully saturated rings. The van der Waals surface area contributed by atoms with Crippen molar-refractivity contribution < 1.29 is 9.90 Å². The highest BCUT2D eigenvalue weighted by molar-refractivity contribution is 6.09. The molecule has 1 amide bonds. The summed E-state index contributed by atoms with van der Waals surface area (Å²) in [5, 5.41) is 13.9. The molecule has 3 aromatic rings. The highest BCUT2D eigenvalue weighted by Crippen LogP contribution is 2.27. The number of hydrogen-bond donors (Lipinski definition) is 2. The number of pyridine rings is 2. The third kappa shape index (κ3) is 5.06. The smallest absolute Gasteiger partial charge is 0.267 e. The molecule has 0 atom stereocenters. The van der Waals surface area contributed by atoms with Gasteiger partial charge in [0, 0.05) is 18.1 Å². The van der Waals surface area contributed by atoms with Gasteiger partial charge in [-0.2, -0.15) is 0 Å². The minimum Gasteiger partial charge on any atom is -0.506 e. The molecular formula is C24H29N3O3. The third-order valence-electron chi connectivity index (χ3n) is 5.28. The van der Waals surface area contributed by atoms with Crippen molar-refractivity contribution in [2.24, 2.45) is 0 Å². The van der Waals surface area contributed by atoms with E-state index in [1.807, 2.05) is 6.07 Å². The van der Waals surface area contributed by atoms with Crippen molar-refractivity contribution in [2.75, 3.05) is 5.32 Å². The Morgan fingerprint density at radius 2 is 1.77 bits per heavy atom. The zero-order chi connectivity index (χ0) is 21.3. The predicted molar refractivity (Wildman–Crippen MR) is 120 cm³/mol. The van der Waals surface area contributed by atoms with Crippen LogP contribution in [0.3, 0.4) is 0 Å². The number of hydrogen-bond acceptors (Lipinski definition) is 4. The maximum Gasteiger partial charge on any atom is 0.267 e. The van der Waals surface area contributed by atoms with E-state index in [0.717, 1.165) is 19.3 Å². The molecule has 2 heterocycles. The Hall–Kier alpha value is -3.15. The molecule has 6 nitrogen and oxygen atoms in total. The Kier molecular flexibility index (Phi) is 7.60. The summed E-state index contributed by atoms with van der Waals surface area (Å²) < 4.78 is 1.61. The van der Waals surface area contributed by atoms with E-state index in [2.05, 4.69) is 17.2 Å². The van der Waals surface area contributed by atoms with Gasteiger partial charge in [-0.05, 0) is 30.7 Å². The molecule has 2 N–H and O–H groups in total. The molecule has 0 saturated heterocycles. The summed E-state index contributed by atoms with van der Waals surface area (Å²) in [4.78, 5) is 29.9. The molecule has 6 heteroatoms. The number of para-hydroxylation sites is 1. The number of aromatic hydroxyl groups is 1. The quantitative estimate of drug-likeness (QED) is 0.458. The normalized spacial score (nSPS) is 11.0. The first-order chi connectivity index (χ1) is 14.6. The van der Waals surface area contributed by atoms with Crippen LogP contribution >= 0.6 is 0 Å². The Balaban J connectivity index is 1.85. The fraction of sp³-hybridized carbons (Fsp3) is 0.375. The SMILES string of the molecule is CCCCCCCCCn1c(=O)c(C(=O)Nc2cccnc2)c(O)c2ccccc21. The molecular weight excluding hydrogens is 378 g/mol. The van der Waals surface area contributed by atoms with Gasteiger partial charge in [-0.15, -0.1) is 0 Å². The van der Waals surface area contributed by atoms with Crippen molar-refractivity contribution in [3.63, 3.8) is 0 Å². The van der Waals surface area contributed by atoms with Crippen LogP contribution in [0.15, 0.2) is 53.6 Å². The van der Waals surface area contributed by atoms with E-state index >= 15 is 0 Å². The van der Waals surface area contributed by atoms with Crippen LogP contribution in [-0.4, -0.2) is 20.6 Å². The maximum absolute atomic E-state index is 13.2. The molecule has 0 spiro atoms. The summed E-state index contributed by atoms with van der Waals surface area (Å²) in [5.41, 5.74) is 0.399. The predicted octanol–water partition coefficient (Wildman–Crippen LogP) is 5.11.